The van der Waals surface area contributed by atoms with E-state index in [-0.39, 0.29) is 18.4 Å². The molecule has 2 aromatic rings. The predicted octanol–water partition coefficient (Wildman–Crippen LogP) is 1.64. The third kappa shape index (κ3) is 4.60. The molecule has 116 valence electrons. The van der Waals surface area contributed by atoms with E-state index in [1.165, 1.54) is 18.4 Å². The zero-order valence-corrected chi connectivity index (χ0v) is 13.4. The lowest BCUT2D eigenvalue weighted by Crippen LogP contribution is -2.32. The summed E-state index contributed by atoms with van der Waals surface area (Å²) in [7, 11) is -1.95. The molecule has 2 aromatic heterocycles. The number of methoxy groups -OCH3 is 1. The third-order valence-electron chi connectivity index (χ3n) is 2.84. The first kappa shape index (κ1) is 16.1. The van der Waals surface area contributed by atoms with Crippen LogP contribution in [0.4, 0.5) is 0 Å². The quantitative estimate of drug-likeness (QED) is 0.790. The Balaban J connectivity index is 1.94. The van der Waals surface area contributed by atoms with E-state index in [0.29, 0.717) is 18.1 Å². The minimum absolute atomic E-state index is 0.00262. The molecule has 0 spiro atoms. The Morgan fingerprint density at radius 2 is 2.33 bits per heavy atom. The fourth-order valence-electron chi connectivity index (χ4n) is 1.66. The molecule has 0 amide bonds. The minimum atomic E-state index is -3.44. The SMILES string of the molecule is CCC(CS(=O)(=O)NCc1noc(-c2cccs2)n1)OC. The van der Waals surface area contributed by atoms with E-state index in [2.05, 4.69) is 14.9 Å². The lowest BCUT2D eigenvalue weighted by molar-refractivity contribution is 0.117. The van der Waals surface area contributed by atoms with Gasteiger partial charge in [0.15, 0.2) is 5.82 Å². The Labute approximate surface area is 127 Å². The van der Waals surface area contributed by atoms with Gasteiger partial charge in [0.05, 0.1) is 23.3 Å². The molecule has 2 rings (SSSR count). The van der Waals surface area contributed by atoms with Crippen LogP contribution in [-0.4, -0.2) is 37.5 Å². The fourth-order valence-corrected chi connectivity index (χ4v) is 3.63. The molecule has 0 saturated carbocycles. The van der Waals surface area contributed by atoms with Crippen molar-refractivity contribution < 1.29 is 17.7 Å². The zero-order chi connectivity index (χ0) is 15.3. The minimum Gasteiger partial charge on any atom is -0.380 e. The molecule has 0 saturated heterocycles. The summed E-state index contributed by atoms with van der Waals surface area (Å²) in [5.41, 5.74) is 0. The van der Waals surface area contributed by atoms with Crippen LogP contribution in [0.25, 0.3) is 10.8 Å². The molecule has 0 aliphatic carbocycles. The number of nitrogens with one attached hydrogen (secondary N) is 1. The van der Waals surface area contributed by atoms with Gasteiger partial charge in [0.2, 0.25) is 10.0 Å². The number of sulfonamides is 1. The molecule has 0 fully saturated rings. The Bertz CT molecular complexity index is 648. The van der Waals surface area contributed by atoms with Gasteiger partial charge < -0.3 is 9.26 Å². The number of rotatable bonds is 8. The molecule has 9 heteroatoms. The molecule has 0 bridgehead atoms. The zero-order valence-electron chi connectivity index (χ0n) is 11.8. The summed E-state index contributed by atoms with van der Waals surface area (Å²) >= 11 is 1.48. The van der Waals surface area contributed by atoms with Gasteiger partial charge >= 0.3 is 0 Å². The number of hydrogen-bond acceptors (Lipinski definition) is 7. The van der Waals surface area contributed by atoms with Crippen LogP contribution < -0.4 is 4.72 Å². The summed E-state index contributed by atoms with van der Waals surface area (Å²) in [5, 5.41) is 5.66. The second-order valence-electron chi connectivity index (χ2n) is 4.36. The van der Waals surface area contributed by atoms with E-state index >= 15 is 0 Å². The van der Waals surface area contributed by atoms with Crippen molar-refractivity contribution in [3.8, 4) is 10.8 Å². The molecule has 21 heavy (non-hydrogen) atoms. The highest BCUT2D eigenvalue weighted by molar-refractivity contribution is 7.89. The van der Waals surface area contributed by atoms with Crippen LogP contribution in [0.1, 0.15) is 19.2 Å². The Morgan fingerprint density at radius 1 is 1.52 bits per heavy atom. The molecule has 0 aliphatic heterocycles. The summed E-state index contributed by atoms with van der Waals surface area (Å²) in [4.78, 5) is 5.00. The van der Waals surface area contributed by atoms with Crippen molar-refractivity contribution in [2.75, 3.05) is 12.9 Å². The van der Waals surface area contributed by atoms with Gasteiger partial charge in [-0.1, -0.05) is 18.1 Å². The molecule has 0 aromatic carbocycles. The van der Waals surface area contributed by atoms with Gasteiger partial charge in [-0.2, -0.15) is 4.98 Å². The average Bonchev–Trinajstić information content (AvgIpc) is 3.13. The van der Waals surface area contributed by atoms with Crippen LogP contribution in [-0.2, 0) is 21.3 Å². The maximum Gasteiger partial charge on any atom is 0.268 e. The number of thiophene rings is 1. The maximum absolute atomic E-state index is 11.9. The summed E-state index contributed by atoms with van der Waals surface area (Å²) in [6.45, 7) is 1.87. The Hall–Kier alpha value is -1.29. The average molecular weight is 331 g/mol. The van der Waals surface area contributed by atoms with Crippen LogP contribution in [0.2, 0.25) is 0 Å². The van der Waals surface area contributed by atoms with Crippen LogP contribution >= 0.6 is 11.3 Å². The third-order valence-corrected chi connectivity index (χ3v) is 5.10. The van der Waals surface area contributed by atoms with Gasteiger partial charge in [-0.25, -0.2) is 13.1 Å². The van der Waals surface area contributed by atoms with Crippen LogP contribution in [0.15, 0.2) is 22.0 Å². The first-order chi connectivity index (χ1) is 10.0. The van der Waals surface area contributed by atoms with Crippen molar-refractivity contribution in [3.05, 3.63) is 23.3 Å². The molecule has 7 nitrogen and oxygen atoms in total. The molecule has 1 atom stereocenters. The number of nitrogens with zero attached hydrogens (tertiary/aromatic N) is 2. The van der Waals surface area contributed by atoms with Crippen molar-refractivity contribution in [1.29, 1.82) is 0 Å². The molecular formula is C12H17N3O4S2. The molecule has 2 heterocycles. The van der Waals surface area contributed by atoms with E-state index < -0.39 is 10.0 Å². The summed E-state index contributed by atoms with van der Waals surface area (Å²) in [6, 6.07) is 3.73. The highest BCUT2D eigenvalue weighted by atomic mass is 32.2. The van der Waals surface area contributed by atoms with Crippen LogP contribution in [0.3, 0.4) is 0 Å². The molecule has 1 unspecified atom stereocenters. The molecular weight excluding hydrogens is 314 g/mol. The monoisotopic (exact) mass is 331 g/mol. The smallest absolute Gasteiger partial charge is 0.268 e. The van der Waals surface area contributed by atoms with Crippen molar-refractivity contribution in [2.24, 2.45) is 0 Å². The lowest BCUT2D eigenvalue weighted by Gasteiger charge is -2.13. The van der Waals surface area contributed by atoms with Gasteiger partial charge in [-0.05, 0) is 17.9 Å². The first-order valence-electron chi connectivity index (χ1n) is 6.40. The molecule has 0 aliphatic rings. The van der Waals surface area contributed by atoms with Gasteiger partial charge in [0, 0.05) is 7.11 Å². The van der Waals surface area contributed by atoms with E-state index in [9.17, 15) is 8.42 Å². The second kappa shape index (κ2) is 7.12. The van der Waals surface area contributed by atoms with Crippen molar-refractivity contribution in [1.82, 2.24) is 14.9 Å². The van der Waals surface area contributed by atoms with E-state index in [4.69, 9.17) is 9.26 Å². The second-order valence-corrected chi connectivity index (χ2v) is 7.16. The van der Waals surface area contributed by atoms with Gasteiger partial charge in [0.1, 0.15) is 0 Å². The Kier molecular flexibility index (Phi) is 5.45. The summed E-state index contributed by atoms with van der Waals surface area (Å²) < 4.78 is 36.4. The summed E-state index contributed by atoms with van der Waals surface area (Å²) in [6.07, 6.45) is 0.303. The normalized spacial score (nSPS) is 13.4. The lowest BCUT2D eigenvalue weighted by atomic mass is 10.3. The molecule has 1 N–H and O–H groups in total. The van der Waals surface area contributed by atoms with E-state index in [0.717, 1.165) is 4.88 Å². The van der Waals surface area contributed by atoms with Crippen molar-refractivity contribution >= 4 is 21.4 Å². The number of aromatic nitrogens is 2. The first-order valence-corrected chi connectivity index (χ1v) is 8.94. The molecule has 0 radical (unpaired) electrons. The largest absolute Gasteiger partial charge is 0.380 e. The number of hydrogen-bond donors (Lipinski definition) is 1. The highest BCUT2D eigenvalue weighted by Gasteiger charge is 2.18. The number of ether oxygens (including phenoxy) is 1. The van der Waals surface area contributed by atoms with Crippen LogP contribution in [0.5, 0.6) is 0 Å². The summed E-state index contributed by atoms with van der Waals surface area (Å²) in [5.74, 6) is 0.602. The maximum atomic E-state index is 11.9. The van der Waals surface area contributed by atoms with E-state index in [1.807, 2.05) is 24.4 Å². The van der Waals surface area contributed by atoms with Gasteiger partial charge in [0.25, 0.3) is 5.89 Å². The topological polar surface area (TPSA) is 94.3 Å². The standard InChI is InChI=1S/C12H17N3O4S2/c1-3-9(18-2)8-21(16,17)13-7-11-14-12(19-15-11)10-5-4-6-20-10/h4-6,9,13H,3,7-8H2,1-2H3. The van der Waals surface area contributed by atoms with Gasteiger partial charge in [-0.3, -0.25) is 0 Å². The van der Waals surface area contributed by atoms with Crippen molar-refractivity contribution in [2.45, 2.75) is 26.0 Å². The Morgan fingerprint density at radius 3 is 2.95 bits per heavy atom. The predicted molar refractivity (Wildman–Crippen MR) is 79.3 cm³/mol. The highest BCUT2D eigenvalue weighted by Crippen LogP contribution is 2.22. The fraction of sp³-hybridized carbons (Fsp3) is 0.500. The van der Waals surface area contributed by atoms with Crippen LogP contribution in [0, 0.1) is 0 Å². The van der Waals surface area contributed by atoms with Gasteiger partial charge in [-0.15, -0.1) is 11.3 Å². The van der Waals surface area contributed by atoms with E-state index in [1.54, 1.807) is 0 Å². The van der Waals surface area contributed by atoms with Crippen molar-refractivity contribution in [3.63, 3.8) is 0 Å².